The molecular weight excluding hydrogens is 292 g/mol. The van der Waals surface area contributed by atoms with Gasteiger partial charge in [0, 0.05) is 31.0 Å². The highest BCUT2D eigenvalue weighted by Crippen LogP contribution is 2.25. The van der Waals surface area contributed by atoms with E-state index in [4.69, 9.17) is 10.5 Å². The molecule has 1 aromatic heterocycles. The van der Waals surface area contributed by atoms with Gasteiger partial charge in [-0.15, -0.1) is 0 Å². The van der Waals surface area contributed by atoms with E-state index in [9.17, 15) is 8.42 Å². The summed E-state index contributed by atoms with van der Waals surface area (Å²) in [5.74, 6) is 1.10. The molecule has 0 radical (unpaired) electrons. The Labute approximate surface area is 123 Å². The number of aromatic nitrogens is 2. The Hall–Kier alpha value is -2.06. The van der Waals surface area contributed by atoms with E-state index in [0.29, 0.717) is 25.1 Å². The fourth-order valence-corrected chi connectivity index (χ4v) is 3.15. The molecule has 0 spiro atoms. The second-order valence-electron chi connectivity index (χ2n) is 4.45. The predicted octanol–water partition coefficient (Wildman–Crippen LogP) is 0.912. The third-order valence-corrected chi connectivity index (χ3v) is 4.40. The minimum Gasteiger partial charge on any atom is -0.495 e. The second-order valence-corrected chi connectivity index (χ2v) is 6.18. The Morgan fingerprint density at radius 1 is 1.43 bits per heavy atom. The van der Waals surface area contributed by atoms with Crippen LogP contribution in [0.1, 0.15) is 12.2 Å². The van der Waals surface area contributed by atoms with Crippen LogP contribution < -0.4 is 15.2 Å². The summed E-state index contributed by atoms with van der Waals surface area (Å²) < 4.78 is 32.1. The van der Waals surface area contributed by atoms with Gasteiger partial charge in [-0.25, -0.2) is 18.1 Å². The molecule has 8 heteroatoms. The average Bonchev–Trinajstić information content (AvgIpc) is 2.97. The monoisotopic (exact) mass is 310 g/mol. The van der Waals surface area contributed by atoms with Gasteiger partial charge in [0.2, 0.25) is 10.0 Å². The van der Waals surface area contributed by atoms with Crippen molar-refractivity contribution in [2.24, 2.45) is 0 Å². The third-order valence-electron chi connectivity index (χ3n) is 2.91. The van der Waals surface area contributed by atoms with Crippen molar-refractivity contribution in [2.45, 2.75) is 17.7 Å². The number of hydrogen-bond acceptors (Lipinski definition) is 5. The molecule has 0 amide bonds. The van der Waals surface area contributed by atoms with E-state index < -0.39 is 10.0 Å². The Bertz CT molecular complexity index is 683. The number of ether oxygens (including phenoxy) is 1. The van der Waals surface area contributed by atoms with Gasteiger partial charge in [-0.05, 0) is 24.6 Å². The normalized spacial score (nSPS) is 11.5. The summed E-state index contributed by atoms with van der Waals surface area (Å²) in [6.07, 6.45) is 4.70. The summed E-state index contributed by atoms with van der Waals surface area (Å²) in [7, 11) is -2.23. The molecule has 0 fully saturated rings. The first-order valence-corrected chi connectivity index (χ1v) is 7.92. The van der Waals surface area contributed by atoms with Crippen molar-refractivity contribution in [3.05, 3.63) is 36.4 Å². The Morgan fingerprint density at radius 2 is 2.24 bits per heavy atom. The van der Waals surface area contributed by atoms with Crippen molar-refractivity contribution in [2.75, 3.05) is 19.4 Å². The molecule has 1 heterocycles. The number of nitrogens with zero attached hydrogens (tertiary/aromatic N) is 1. The van der Waals surface area contributed by atoms with Crippen molar-refractivity contribution in [1.29, 1.82) is 0 Å². The van der Waals surface area contributed by atoms with Crippen LogP contribution >= 0.6 is 0 Å². The van der Waals surface area contributed by atoms with Crippen molar-refractivity contribution in [3.63, 3.8) is 0 Å². The summed E-state index contributed by atoms with van der Waals surface area (Å²) in [5.41, 5.74) is 6.01. The van der Waals surface area contributed by atoms with Crippen LogP contribution in [-0.2, 0) is 16.4 Å². The maximum Gasteiger partial charge on any atom is 0.244 e. The average molecular weight is 310 g/mol. The summed E-state index contributed by atoms with van der Waals surface area (Å²) >= 11 is 0. The maximum absolute atomic E-state index is 12.3. The molecule has 0 saturated carbocycles. The first-order valence-electron chi connectivity index (χ1n) is 6.44. The number of nitrogens with two attached hydrogens (primary N) is 1. The lowest BCUT2D eigenvalue weighted by molar-refractivity contribution is 0.402. The zero-order valence-electron chi connectivity index (χ0n) is 11.7. The Kier molecular flexibility index (Phi) is 4.81. The van der Waals surface area contributed by atoms with Gasteiger partial charge in [-0.3, -0.25) is 0 Å². The summed E-state index contributed by atoms with van der Waals surface area (Å²) in [5, 5.41) is 0. The van der Waals surface area contributed by atoms with E-state index in [1.54, 1.807) is 18.5 Å². The van der Waals surface area contributed by atoms with Crippen LogP contribution in [0, 0.1) is 0 Å². The predicted molar refractivity (Wildman–Crippen MR) is 79.5 cm³/mol. The number of sulfonamides is 1. The van der Waals surface area contributed by atoms with Crippen LogP contribution in [0.5, 0.6) is 5.75 Å². The largest absolute Gasteiger partial charge is 0.495 e. The van der Waals surface area contributed by atoms with Crippen LogP contribution in [0.4, 0.5) is 5.69 Å². The van der Waals surface area contributed by atoms with Crippen molar-refractivity contribution in [1.82, 2.24) is 14.7 Å². The number of aryl methyl sites for hydroxylation is 1. The lowest BCUT2D eigenvalue weighted by atomic mass is 10.3. The van der Waals surface area contributed by atoms with Gasteiger partial charge in [0.25, 0.3) is 0 Å². The standard InChI is InChI=1S/C13H18N4O3S/c1-20-11-5-4-10(14)9-12(11)21(18,19)17-6-2-3-13-15-7-8-16-13/h4-5,7-9,17H,2-3,6,14H2,1H3,(H,15,16). The van der Waals surface area contributed by atoms with Gasteiger partial charge in [0.05, 0.1) is 7.11 Å². The second kappa shape index (κ2) is 6.59. The van der Waals surface area contributed by atoms with E-state index in [1.165, 1.54) is 19.2 Å². The number of nitrogens with one attached hydrogen (secondary N) is 2. The number of methoxy groups -OCH3 is 1. The fraction of sp³-hybridized carbons (Fsp3) is 0.308. The molecule has 21 heavy (non-hydrogen) atoms. The van der Waals surface area contributed by atoms with Gasteiger partial charge in [0.1, 0.15) is 16.5 Å². The van der Waals surface area contributed by atoms with Crippen LogP contribution in [0.2, 0.25) is 0 Å². The zero-order valence-corrected chi connectivity index (χ0v) is 12.5. The SMILES string of the molecule is COc1ccc(N)cc1S(=O)(=O)NCCCc1ncc[nH]1. The highest BCUT2D eigenvalue weighted by molar-refractivity contribution is 7.89. The summed E-state index contributed by atoms with van der Waals surface area (Å²) in [4.78, 5) is 7.09. The molecule has 4 N–H and O–H groups in total. The van der Waals surface area contributed by atoms with Crippen LogP contribution in [0.15, 0.2) is 35.5 Å². The van der Waals surface area contributed by atoms with E-state index in [1.807, 2.05) is 0 Å². The quantitative estimate of drug-likeness (QED) is 0.520. The third kappa shape index (κ3) is 3.96. The number of anilines is 1. The topological polar surface area (TPSA) is 110 Å². The molecule has 0 aliphatic heterocycles. The van der Waals surface area contributed by atoms with Crippen molar-refractivity contribution in [3.8, 4) is 5.75 Å². The lowest BCUT2D eigenvalue weighted by Crippen LogP contribution is -2.25. The molecule has 0 aliphatic rings. The smallest absolute Gasteiger partial charge is 0.244 e. The molecule has 0 saturated heterocycles. The first-order chi connectivity index (χ1) is 10.0. The van der Waals surface area contributed by atoms with Gasteiger partial charge in [0.15, 0.2) is 0 Å². The summed E-state index contributed by atoms with van der Waals surface area (Å²) in [6.45, 7) is 0.307. The molecule has 1 aromatic carbocycles. The van der Waals surface area contributed by atoms with Crippen molar-refractivity contribution >= 4 is 15.7 Å². The molecule has 2 rings (SSSR count). The fourth-order valence-electron chi connectivity index (χ4n) is 1.88. The molecule has 0 atom stereocenters. The van der Waals surface area contributed by atoms with E-state index >= 15 is 0 Å². The van der Waals surface area contributed by atoms with Crippen LogP contribution in [0.25, 0.3) is 0 Å². The number of nitrogen functional groups attached to an aromatic ring is 1. The number of benzene rings is 1. The molecular formula is C13H18N4O3S. The number of aromatic amines is 1. The number of rotatable bonds is 7. The number of H-pyrrole nitrogens is 1. The molecule has 114 valence electrons. The van der Waals surface area contributed by atoms with Crippen molar-refractivity contribution < 1.29 is 13.2 Å². The van der Waals surface area contributed by atoms with Crippen LogP contribution in [-0.4, -0.2) is 32.0 Å². The summed E-state index contributed by atoms with van der Waals surface area (Å²) in [6, 6.07) is 4.51. The first kappa shape index (κ1) is 15.3. The molecule has 0 unspecified atom stereocenters. The van der Waals surface area contributed by atoms with Gasteiger partial charge >= 0.3 is 0 Å². The molecule has 2 aromatic rings. The maximum atomic E-state index is 12.3. The van der Waals surface area contributed by atoms with Gasteiger partial charge in [-0.2, -0.15) is 0 Å². The van der Waals surface area contributed by atoms with Gasteiger partial charge < -0.3 is 15.5 Å². The molecule has 0 aliphatic carbocycles. The van der Waals surface area contributed by atoms with E-state index in [-0.39, 0.29) is 10.6 Å². The van der Waals surface area contributed by atoms with E-state index in [2.05, 4.69) is 14.7 Å². The number of hydrogen-bond donors (Lipinski definition) is 3. The molecule has 7 nitrogen and oxygen atoms in total. The highest BCUT2D eigenvalue weighted by Gasteiger charge is 2.19. The number of imidazole rings is 1. The van der Waals surface area contributed by atoms with Crippen LogP contribution in [0.3, 0.4) is 0 Å². The lowest BCUT2D eigenvalue weighted by Gasteiger charge is -2.11. The minimum absolute atomic E-state index is 0.0444. The highest BCUT2D eigenvalue weighted by atomic mass is 32.2. The van der Waals surface area contributed by atoms with E-state index in [0.717, 1.165) is 5.82 Å². The minimum atomic E-state index is -3.65. The Balaban J connectivity index is 1.99. The zero-order chi connectivity index (χ0) is 15.3. The molecule has 0 bridgehead atoms. The van der Waals surface area contributed by atoms with Gasteiger partial charge in [-0.1, -0.05) is 0 Å². The Morgan fingerprint density at radius 3 is 2.90 bits per heavy atom.